The van der Waals surface area contributed by atoms with Gasteiger partial charge in [-0.05, 0) is 31.8 Å². The third-order valence-electron chi connectivity index (χ3n) is 3.83. The summed E-state index contributed by atoms with van der Waals surface area (Å²) in [4.78, 5) is 16.1. The predicted molar refractivity (Wildman–Crippen MR) is 98.1 cm³/mol. The molecule has 0 atom stereocenters. The fourth-order valence-corrected chi connectivity index (χ4v) is 3.03. The molecule has 27 heavy (non-hydrogen) atoms. The second kappa shape index (κ2) is 9.14. The van der Waals surface area contributed by atoms with Crippen molar-refractivity contribution in [3.63, 3.8) is 0 Å². The Hall–Kier alpha value is -2.20. The number of hydrogen-bond acceptors (Lipinski definition) is 6. The molecule has 1 amide bonds. The summed E-state index contributed by atoms with van der Waals surface area (Å²) in [5, 5.41) is 8.59. The molecule has 2 rings (SSSR count). The number of aryl methyl sites for hydroxylation is 1. The summed E-state index contributed by atoms with van der Waals surface area (Å²) in [5.41, 5.74) is 5.25. The highest BCUT2D eigenvalue weighted by Gasteiger charge is 2.30. The Morgan fingerprint density at radius 1 is 1.22 bits per heavy atom. The highest BCUT2D eigenvalue weighted by Crippen LogP contribution is 2.29. The van der Waals surface area contributed by atoms with Gasteiger partial charge in [-0.25, -0.2) is 0 Å². The molecule has 0 bridgehead atoms. The van der Waals surface area contributed by atoms with Gasteiger partial charge < -0.3 is 15.5 Å². The zero-order chi connectivity index (χ0) is 20.0. The third kappa shape index (κ3) is 6.79. The van der Waals surface area contributed by atoms with Crippen molar-refractivity contribution >= 4 is 22.4 Å². The Kier molecular flexibility index (Phi) is 7.14. The molecule has 2 aromatic rings. The number of benzene rings is 1. The van der Waals surface area contributed by atoms with Gasteiger partial charge in [0.25, 0.3) is 0 Å². The highest BCUT2D eigenvalue weighted by atomic mass is 32.1. The lowest BCUT2D eigenvalue weighted by Gasteiger charge is -2.25. The van der Waals surface area contributed by atoms with E-state index in [1.807, 2.05) is 19.0 Å². The van der Waals surface area contributed by atoms with Gasteiger partial charge in [-0.15, -0.1) is 10.2 Å². The topological polar surface area (TPSA) is 75.3 Å². The standard InChI is InChI=1S/C17H22F3N5OS/c1-24(2)8-9-25(15(26)7-6-14-22-23-16(21)27-14)11-12-4-3-5-13(10-12)17(18,19)20/h3-5,10H,6-9,11H2,1-2H3,(H2,21,23). The van der Waals surface area contributed by atoms with Crippen LogP contribution in [-0.2, 0) is 23.9 Å². The number of alkyl halides is 3. The van der Waals surface area contributed by atoms with Crippen molar-refractivity contribution in [1.29, 1.82) is 0 Å². The van der Waals surface area contributed by atoms with Crippen molar-refractivity contribution in [2.75, 3.05) is 32.9 Å². The predicted octanol–water partition coefficient (Wildman–Crippen LogP) is 2.66. The molecule has 0 unspecified atom stereocenters. The van der Waals surface area contributed by atoms with Gasteiger partial charge in [-0.2, -0.15) is 13.2 Å². The number of likely N-dealkylation sites (N-methyl/N-ethyl adjacent to an activating group) is 1. The van der Waals surface area contributed by atoms with Crippen molar-refractivity contribution in [3.8, 4) is 0 Å². The van der Waals surface area contributed by atoms with Gasteiger partial charge in [0.15, 0.2) is 0 Å². The molecule has 0 saturated carbocycles. The van der Waals surface area contributed by atoms with Crippen molar-refractivity contribution in [2.45, 2.75) is 25.6 Å². The molecule has 1 heterocycles. The molecular weight excluding hydrogens is 379 g/mol. The van der Waals surface area contributed by atoms with Crippen molar-refractivity contribution < 1.29 is 18.0 Å². The second-order valence-electron chi connectivity index (χ2n) is 6.35. The first-order valence-electron chi connectivity index (χ1n) is 8.31. The van der Waals surface area contributed by atoms with Crippen LogP contribution in [0.2, 0.25) is 0 Å². The summed E-state index contributed by atoms with van der Waals surface area (Å²) < 4.78 is 38.8. The van der Waals surface area contributed by atoms with E-state index in [1.54, 1.807) is 11.0 Å². The van der Waals surface area contributed by atoms with E-state index in [-0.39, 0.29) is 18.9 Å². The van der Waals surface area contributed by atoms with Crippen LogP contribution in [0.15, 0.2) is 24.3 Å². The first kappa shape index (κ1) is 21.1. The molecular formula is C17H22F3N5OS. The SMILES string of the molecule is CN(C)CCN(Cc1cccc(C(F)(F)F)c1)C(=O)CCc1nnc(N)s1. The van der Waals surface area contributed by atoms with Gasteiger partial charge in [-0.1, -0.05) is 23.5 Å². The first-order valence-corrected chi connectivity index (χ1v) is 9.13. The fraction of sp³-hybridized carbons (Fsp3) is 0.471. The minimum Gasteiger partial charge on any atom is -0.374 e. The van der Waals surface area contributed by atoms with Crippen molar-refractivity contribution in [3.05, 3.63) is 40.4 Å². The molecule has 0 aliphatic heterocycles. The first-order chi connectivity index (χ1) is 12.6. The quantitative estimate of drug-likeness (QED) is 0.736. The van der Waals surface area contributed by atoms with E-state index in [4.69, 9.17) is 5.73 Å². The van der Waals surface area contributed by atoms with Gasteiger partial charge in [0.1, 0.15) is 5.01 Å². The maximum absolute atomic E-state index is 12.9. The number of aromatic nitrogens is 2. The Labute approximate surface area is 159 Å². The van der Waals surface area contributed by atoms with E-state index in [0.29, 0.717) is 35.2 Å². The number of hydrogen-bond donors (Lipinski definition) is 1. The average Bonchev–Trinajstić information content (AvgIpc) is 3.01. The summed E-state index contributed by atoms with van der Waals surface area (Å²) >= 11 is 1.22. The Morgan fingerprint density at radius 3 is 2.56 bits per heavy atom. The molecule has 0 radical (unpaired) electrons. The highest BCUT2D eigenvalue weighted by molar-refractivity contribution is 7.15. The number of amides is 1. The van der Waals surface area contributed by atoms with E-state index in [1.165, 1.54) is 17.4 Å². The minimum absolute atomic E-state index is 0.120. The number of rotatable bonds is 8. The number of anilines is 1. The second-order valence-corrected chi connectivity index (χ2v) is 7.44. The number of halogens is 3. The summed E-state index contributed by atoms with van der Waals surface area (Å²) in [6.45, 7) is 1.14. The molecule has 0 spiro atoms. The third-order valence-corrected chi connectivity index (χ3v) is 4.64. The van der Waals surface area contributed by atoms with Crippen LogP contribution in [0.4, 0.5) is 18.3 Å². The Bertz CT molecular complexity index is 763. The maximum atomic E-state index is 12.9. The molecule has 0 aliphatic rings. The van der Waals surface area contributed by atoms with Gasteiger partial charge in [0, 0.05) is 32.5 Å². The van der Waals surface area contributed by atoms with Crippen LogP contribution in [0.3, 0.4) is 0 Å². The van der Waals surface area contributed by atoms with E-state index in [0.717, 1.165) is 12.1 Å². The van der Waals surface area contributed by atoms with Crippen molar-refractivity contribution in [2.24, 2.45) is 0 Å². The largest absolute Gasteiger partial charge is 0.416 e. The number of nitrogen functional groups attached to an aromatic ring is 1. The van der Waals surface area contributed by atoms with Crippen molar-refractivity contribution in [1.82, 2.24) is 20.0 Å². The molecule has 0 aliphatic carbocycles. The summed E-state index contributed by atoms with van der Waals surface area (Å²) in [6, 6.07) is 5.06. The summed E-state index contributed by atoms with van der Waals surface area (Å²) in [6.07, 6.45) is -3.82. The number of nitrogens with two attached hydrogens (primary N) is 1. The van der Waals surface area contributed by atoms with E-state index in [9.17, 15) is 18.0 Å². The molecule has 6 nitrogen and oxygen atoms in total. The van der Waals surface area contributed by atoms with Crippen LogP contribution < -0.4 is 5.73 Å². The zero-order valence-corrected chi connectivity index (χ0v) is 16.0. The zero-order valence-electron chi connectivity index (χ0n) is 15.2. The molecule has 0 saturated heterocycles. The number of carbonyl (C=O) groups excluding carboxylic acids is 1. The van der Waals surface area contributed by atoms with Crippen LogP contribution in [0, 0.1) is 0 Å². The van der Waals surface area contributed by atoms with Crippen LogP contribution in [0.1, 0.15) is 22.6 Å². The lowest BCUT2D eigenvalue weighted by molar-refractivity contribution is -0.137. The minimum atomic E-state index is -4.41. The normalized spacial score (nSPS) is 11.8. The number of nitrogens with zero attached hydrogens (tertiary/aromatic N) is 4. The van der Waals surface area contributed by atoms with E-state index >= 15 is 0 Å². The van der Waals surface area contributed by atoms with Crippen LogP contribution >= 0.6 is 11.3 Å². The van der Waals surface area contributed by atoms with Crippen LogP contribution in [-0.4, -0.2) is 53.1 Å². The molecule has 148 valence electrons. The van der Waals surface area contributed by atoms with Crippen LogP contribution in [0.25, 0.3) is 0 Å². The van der Waals surface area contributed by atoms with E-state index in [2.05, 4.69) is 10.2 Å². The maximum Gasteiger partial charge on any atom is 0.416 e. The fourth-order valence-electron chi connectivity index (χ4n) is 2.42. The van der Waals surface area contributed by atoms with Crippen LogP contribution in [0.5, 0.6) is 0 Å². The summed E-state index contributed by atoms with van der Waals surface area (Å²) in [5.74, 6) is -0.150. The van der Waals surface area contributed by atoms with Gasteiger partial charge >= 0.3 is 6.18 Å². The monoisotopic (exact) mass is 401 g/mol. The number of carbonyl (C=O) groups is 1. The lowest BCUT2D eigenvalue weighted by atomic mass is 10.1. The molecule has 10 heteroatoms. The van der Waals surface area contributed by atoms with Gasteiger partial charge in [-0.3, -0.25) is 4.79 Å². The Morgan fingerprint density at radius 2 is 1.96 bits per heavy atom. The molecule has 1 aromatic carbocycles. The van der Waals surface area contributed by atoms with E-state index < -0.39 is 11.7 Å². The lowest BCUT2D eigenvalue weighted by Crippen LogP contribution is -2.36. The van der Waals surface area contributed by atoms with Gasteiger partial charge in [0.2, 0.25) is 11.0 Å². The molecule has 1 aromatic heterocycles. The van der Waals surface area contributed by atoms with Gasteiger partial charge in [0.05, 0.1) is 5.56 Å². The average molecular weight is 401 g/mol. The molecule has 0 fully saturated rings. The summed E-state index contributed by atoms with van der Waals surface area (Å²) in [7, 11) is 3.74. The smallest absolute Gasteiger partial charge is 0.374 e. The Balaban J connectivity index is 2.07. The molecule has 2 N–H and O–H groups in total.